The molecule has 1 aromatic rings. The molecule has 1 fully saturated rings. The molecule has 2 rings (SSSR count). The Kier molecular flexibility index (Phi) is 4.39. The van der Waals surface area contributed by atoms with Crippen molar-refractivity contribution in [3.05, 3.63) is 24.3 Å². The largest absolute Gasteiger partial charge is 0.361 e. The van der Waals surface area contributed by atoms with E-state index in [0.717, 1.165) is 12.1 Å². The maximum atomic E-state index is 12.1. The third-order valence-corrected chi connectivity index (χ3v) is 5.46. The first kappa shape index (κ1) is 16.6. The highest BCUT2D eigenvalue weighted by Crippen LogP contribution is 2.16. The molecular formula is C10H14N4O6S2. The van der Waals surface area contributed by atoms with Gasteiger partial charge in [-0.15, -0.1) is 0 Å². The maximum absolute atomic E-state index is 12.1. The zero-order chi connectivity index (χ0) is 16.5. The normalized spacial score (nSPS) is 22.9. The lowest BCUT2D eigenvalue weighted by molar-refractivity contribution is -0.126. The Morgan fingerprint density at radius 2 is 1.77 bits per heavy atom. The molecule has 2 atom stereocenters. The van der Waals surface area contributed by atoms with Gasteiger partial charge in [-0.2, -0.15) is 0 Å². The Balaban J connectivity index is 2.17. The number of carbonyl (C=O) groups excluding carboxylic acids is 1. The molecule has 10 nitrogen and oxygen atoms in total. The topological polar surface area (TPSA) is 168 Å². The summed E-state index contributed by atoms with van der Waals surface area (Å²) in [5.41, 5.74) is 0.0753. The second-order valence-electron chi connectivity index (χ2n) is 4.52. The van der Waals surface area contributed by atoms with E-state index < -0.39 is 37.6 Å². The smallest absolute Gasteiger partial charge is 0.246 e. The van der Waals surface area contributed by atoms with Gasteiger partial charge in [-0.05, 0) is 24.3 Å². The van der Waals surface area contributed by atoms with Crippen molar-refractivity contribution < 1.29 is 26.7 Å². The minimum absolute atomic E-state index is 0.0753. The van der Waals surface area contributed by atoms with Crippen LogP contribution in [0, 0.1) is 0 Å². The number of aliphatic hydroxyl groups is 1. The van der Waals surface area contributed by atoms with E-state index in [1.165, 1.54) is 12.1 Å². The predicted molar refractivity (Wildman–Crippen MR) is 76.3 cm³/mol. The molecule has 0 aromatic heterocycles. The van der Waals surface area contributed by atoms with Gasteiger partial charge in [0, 0.05) is 12.2 Å². The minimum atomic E-state index is -4.07. The zero-order valence-electron chi connectivity index (χ0n) is 11.1. The van der Waals surface area contributed by atoms with Crippen LogP contribution >= 0.6 is 0 Å². The average Bonchev–Trinajstić information content (AvgIpc) is 2.37. The minimum Gasteiger partial charge on any atom is -0.361 e. The molecule has 0 spiro atoms. The molecule has 1 saturated heterocycles. The number of hydrogen-bond acceptors (Lipinski definition) is 7. The lowest BCUT2D eigenvalue weighted by atomic mass is 10.3. The number of hydrogen-bond donors (Lipinski definition) is 5. The molecule has 6 N–H and O–H groups in total. The van der Waals surface area contributed by atoms with Crippen molar-refractivity contribution >= 4 is 31.6 Å². The zero-order valence-corrected chi connectivity index (χ0v) is 12.7. The second kappa shape index (κ2) is 5.81. The molecular weight excluding hydrogens is 336 g/mol. The van der Waals surface area contributed by atoms with Crippen LogP contribution in [0.3, 0.4) is 0 Å². The molecule has 22 heavy (non-hydrogen) atoms. The van der Waals surface area contributed by atoms with E-state index in [0.29, 0.717) is 0 Å². The molecule has 0 radical (unpaired) electrons. The van der Waals surface area contributed by atoms with Crippen LogP contribution in [-0.4, -0.2) is 46.0 Å². The van der Waals surface area contributed by atoms with Crippen molar-refractivity contribution in [3.63, 3.8) is 0 Å². The molecule has 1 heterocycles. The van der Waals surface area contributed by atoms with Gasteiger partial charge in [-0.1, -0.05) is 0 Å². The summed E-state index contributed by atoms with van der Waals surface area (Å²) in [5, 5.41) is 17.1. The number of primary sulfonamides is 1. The number of anilines is 1. The van der Waals surface area contributed by atoms with Crippen LogP contribution in [0.1, 0.15) is 0 Å². The van der Waals surface area contributed by atoms with Gasteiger partial charge in [-0.3, -0.25) is 14.8 Å². The number of benzene rings is 1. The van der Waals surface area contributed by atoms with Crippen LogP contribution in [0.5, 0.6) is 0 Å². The van der Waals surface area contributed by atoms with E-state index >= 15 is 0 Å². The standard InChI is InChI=1S/C10H14N4O6S2/c11-21(17,18)7-3-1-6(2-4-7)14-22(19,20)8-5-12-10(16)13-9(8)15/h1-4,8,10,12,14,16H,5H2,(H,13,15)(H2,11,17,18). The second-order valence-corrected chi connectivity index (χ2v) is 7.95. The maximum Gasteiger partial charge on any atom is 0.246 e. The summed E-state index contributed by atoms with van der Waals surface area (Å²) in [6.45, 7) is -0.266. The van der Waals surface area contributed by atoms with Gasteiger partial charge >= 0.3 is 0 Å². The van der Waals surface area contributed by atoms with Crippen molar-refractivity contribution in [1.82, 2.24) is 10.6 Å². The molecule has 122 valence electrons. The lowest BCUT2D eigenvalue weighted by Gasteiger charge is -2.27. The Morgan fingerprint density at radius 1 is 1.18 bits per heavy atom. The van der Waals surface area contributed by atoms with Crippen molar-refractivity contribution in [2.24, 2.45) is 5.14 Å². The highest BCUT2D eigenvalue weighted by molar-refractivity contribution is 7.94. The highest BCUT2D eigenvalue weighted by Gasteiger charge is 2.37. The van der Waals surface area contributed by atoms with Gasteiger partial charge in [0.15, 0.2) is 11.6 Å². The number of rotatable bonds is 4. The monoisotopic (exact) mass is 350 g/mol. The molecule has 12 heteroatoms. The van der Waals surface area contributed by atoms with E-state index in [9.17, 15) is 21.6 Å². The summed E-state index contributed by atoms with van der Waals surface area (Å²) in [7, 11) is -7.95. The van der Waals surface area contributed by atoms with Crippen LogP contribution in [-0.2, 0) is 24.8 Å². The van der Waals surface area contributed by atoms with Gasteiger partial charge in [0.05, 0.1) is 4.90 Å². The van der Waals surface area contributed by atoms with Crippen LogP contribution in [0.2, 0.25) is 0 Å². The van der Waals surface area contributed by atoms with Gasteiger partial charge in [0.2, 0.25) is 26.0 Å². The number of aliphatic hydroxyl groups excluding tert-OH is 1. The first-order valence-corrected chi connectivity index (χ1v) is 9.05. The lowest BCUT2D eigenvalue weighted by Crippen LogP contribution is -2.61. The Labute approximate surface area is 126 Å². The fraction of sp³-hybridized carbons (Fsp3) is 0.300. The summed E-state index contributed by atoms with van der Waals surface area (Å²) in [5.74, 6) is -0.847. The van der Waals surface area contributed by atoms with Crippen molar-refractivity contribution in [2.45, 2.75) is 16.5 Å². The number of nitrogens with one attached hydrogen (secondary N) is 3. The van der Waals surface area contributed by atoms with Crippen LogP contribution in [0.15, 0.2) is 29.2 Å². The first-order chi connectivity index (χ1) is 10.1. The summed E-state index contributed by atoms with van der Waals surface area (Å²) in [6.07, 6.45) is -1.30. The third-order valence-electron chi connectivity index (χ3n) is 2.89. The molecule has 1 aliphatic rings. The van der Waals surface area contributed by atoms with E-state index in [-0.39, 0.29) is 17.1 Å². The van der Waals surface area contributed by atoms with E-state index in [2.05, 4.69) is 10.0 Å². The highest BCUT2D eigenvalue weighted by atomic mass is 32.2. The fourth-order valence-electron chi connectivity index (χ4n) is 1.79. The van der Waals surface area contributed by atoms with E-state index in [1.54, 1.807) is 0 Å². The molecule has 0 aliphatic carbocycles. The third kappa shape index (κ3) is 3.72. The number of amides is 1. The van der Waals surface area contributed by atoms with Gasteiger partial charge in [-0.25, -0.2) is 22.0 Å². The summed E-state index contributed by atoms with van der Waals surface area (Å²) < 4.78 is 48.6. The average molecular weight is 350 g/mol. The molecule has 1 aromatic carbocycles. The molecule has 2 unspecified atom stereocenters. The first-order valence-electron chi connectivity index (χ1n) is 5.96. The molecule has 1 amide bonds. The Bertz CT molecular complexity index is 774. The van der Waals surface area contributed by atoms with Gasteiger partial charge < -0.3 is 10.4 Å². The van der Waals surface area contributed by atoms with Crippen molar-refractivity contribution in [3.8, 4) is 0 Å². The van der Waals surface area contributed by atoms with E-state index in [1.807, 2.05) is 5.32 Å². The summed E-state index contributed by atoms with van der Waals surface area (Å²) in [4.78, 5) is 11.4. The van der Waals surface area contributed by atoms with Crippen LogP contribution < -0.4 is 20.5 Å². The fourth-order valence-corrected chi connectivity index (χ4v) is 3.58. The van der Waals surface area contributed by atoms with Crippen molar-refractivity contribution in [2.75, 3.05) is 11.3 Å². The SMILES string of the molecule is NS(=O)(=O)c1ccc(NS(=O)(=O)C2CNC(O)NC2=O)cc1. The molecule has 0 bridgehead atoms. The van der Waals surface area contributed by atoms with Gasteiger partial charge in [0.1, 0.15) is 0 Å². The molecule has 1 aliphatic heterocycles. The molecule has 0 saturated carbocycles. The quantitative estimate of drug-likeness (QED) is 0.398. The Morgan fingerprint density at radius 3 is 2.27 bits per heavy atom. The number of nitrogens with two attached hydrogens (primary N) is 1. The summed E-state index contributed by atoms with van der Waals surface area (Å²) in [6, 6.07) is 4.69. The Hall–Kier alpha value is -1.73. The van der Waals surface area contributed by atoms with Crippen molar-refractivity contribution in [1.29, 1.82) is 0 Å². The van der Waals surface area contributed by atoms with E-state index in [4.69, 9.17) is 10.2 Å². The van der Waals surface area contributed by atoms with Gasteiger partial charge in [0.25, 0.3) is 0 Å². The van der Waals surface area contributed by atoms with Crippen LogP contribution in [0.4, 0.5) is 5.69 Å². The number of sulfonamides is 2. The number of carbonyl (C=O) groups is 1. The predicted octanol–water partition coefficient (Wildman–Crippen LogP) is -2.56. The van der Waals surface area contributed by atoms with Crippen LogP contribution in [0.25, 0.3) is 0 Å². The summed E-state index contributed by atoms with van der Waals surface area (Å²) >= 11 is 0.